The molecular weight excluding hydrogens is 254 g/mol. The Balaban J connectivity index is 2.06. The molecule has 1 unspecified atom stereocenters. The molecule has 15 heavy (non-hydrogen) atoms. The van der Waals surface area contributed by atoms with E-state index in [1.54, 1.807) is 0 Å². The molecule has 0 bridgehead atoms. The number of furan rings is 1. The monoisotopic (exact) mass is 271 g/mol. The first-order chi connectivity index (χ1) is 7.24. The van der Waals surface area contributed by atoms with E-state index in [1.807, 2.05) is 6.07 Å². The molecule has 1 N–H and O–H groups in total. The minimum absolute atomic E-state index is 0.273. The standard InChI is InChI=1S/C12H18BrNO/c1-2-12(7-3-4-8-14-12)9-10-5-6-11(13)15-10/h5-6,14H,2-4,7-9H2,1H3. The van der Waals surface area contributed by atoms with E-state index in [2.05, 4.69) is 34.2 Å². The zero-order chi connectivity index (χ0) is 10.7. The Kier molecular flexibility index (Phi) is 3.52. The van der Waals surface area contributed by atoms with Crippen LogP contribution >= 0.6 is 15.9 Å². The van der Waals surface area contributed by atoms with E-state index in [4.69, 9.17) is 4.42 Å². The molecule has 0 aliphatic carbocycles. The van der Waals surface area contributed by atoms with Crippen LogP contribution in [0.4, 0.5) is 0 Å². The third-order valence-electron chi connectivity index (χ3n) is 3.40. The van der Waals surface area contributed by atoms with E-state index in [1.165, 1.54) is 25.7 Å². The molecule has 1 atom stereocenters. The van der Waals surface area contributed by atoms with Gasteiger partial charge in [-0.2, -0.15) is 0 Å². The van der Waals surface area contributed by atoms with Crippen LogP contribution in [0.3, 0.4) is 0 Å². The van der Waals surface area contributed by atoms with Crippen LogP contribution in [0.25, 0.3) is 0 Å². The molecule has 2 rings (SSSR count). The number of halogens is 1. The number of piperidine rings is 1. The highest BCUT2D eigenvalue weighted by Gasteiger charge is 2.30. The molecule has 2 nitrogen and oxygen atoms in total. The van der Waals surface area contributed by atoms with E-state index >= 15 is 0 Å². The molecule has 1 aromatic heterocycles. The van der Waals surface area contributed by atoms with E-state index < -0.39 is 0 Å². The van der Waals surface area contributed by atoms with Gasteiger partial charge in [-0.15, -0.1) is 0 Å². The Labute approximate surface area is 99.6 Å². The molecule has 1 aromatic rings. The quantitative estimate of drug-likeness (QED) is 0.910. The maximum absolute atomic E-state index is 5.59. The molecule has 1 aliphatic heterocycles. The number of hydrogen-bond acceptors (Lipinski definition) is 2. The average Bonchev–Trinajstić information content (AvgIpc) is 2.65. The zero-order valence-corrected chi connectivity index (χ0v) is 10.8. The van der Waals surface area contributed by atoms with Crippen molar-refractivity contribution in [1.29, 1.82) is 0 Å². The normalized spacial score (nSPS) is 26.8. The highest BCUT2D eigenvalue weighted by atomic mass is 79.9. The lowest BCUT2D eigenvalue weighted by molar-refractivity contribution is 0.229. The van der Waals surface area contributed by atoms with Gasteiger partial charge in [0, 0.05) is 12.0 Å². The summed E-state index contributed by atoms with van der Waals surface area (Å²) in [4.78, 5) is 0. The minimum Gasteiger partial charge on any atom is -0.454 e. The van der Waals surface area contributed by atoms with Crippen LogP contribution in [0.15, 0.2) is 21.2 Å². The summed E-state index contributed by atoms with van der Waals surface area (Å²) in [7, 11) is 0. The lowest BCUT2D eigenvalue weighted by atomic mass is 9.83. The summed E-state index contributed by atoms with van der Waals surface area (Å²) in [5.74, 6) is 1.08. The summed E-state index contributed by atoms with van der Waals surface area (Å²) in [6.45, 7) is 3.41. The molecule has 0 saturated carbocycles. The molecule has 1 saturated heterocycles. The number of nitrogens with one attached hydrogen (secondary N) is 1. The molecule has 2 heterocycles. The van der Waals surface area contributed by atoms with Crippen molar-refractivity contribution in [3.63, 3.8) is 0 Å². The summed E-state index contributed by atoms with van der Waals surface area (Å²) in [6.07, 6.45) is 6.09. The molecule has 3 heteroatoms. The molecule has 0 amide bonds. The lowest BCUT2D eigenvalue weighted by Gasteiger charge is -2.37. The van der Waals surface area contributed by atoms with Gasteiger partial charge in [-0.05, 0) is 53.9 Å². The summed E-state index contributed by atoms with van der Waals surface area (Å²) >= 11 is 3.35. The fourth-order valence-corrected chi connectivity index (χ4v) is 2.73. The fraction of sp³-hybridized carbons (Fsp3) is 0.667. The Hall–Kier alpha value is -0.280. The third kappa shape index (κ3) is 2.64. The van der Waals surface area contributed by atoms with E-state index in [0.717, 1.165) is 23.4 Å². The lowest BCUT2D eigenvalue weighted by Crippen LogP contribution is -2.49. The zero-order valence-electron chi connectivity index (χ0n) is 9.18. The number of rotatable bonds is 3. The maximum atomic E-state index is 5.59. The molecular formula is C12H18BrNO. The summed E-state index contributed by atoms with van der Waals surface area (Å²) < 4.78 is 6.42. The Bertz CT molecular complexity index is 315. The molecule has 0 aromatic carbocycles. The van der Waals surface area contributed by atoms with Crippen LogP contribution in [-0.2, 0) is 6.42 Å². The van der Waals surface area contributed by atoms with Gasteiger partial charge >= 0.3 is 0 Å². The first-order valence-corrected chi connectivity index (χ1v) is 6.53. The topological polar surface area (TPSA) is 25.2 Å². The van der Waals surface area contributed by atoms with Gasteiger partial charge in [0.15, 0.2) is 4.67 Å². The van der Waals surface area contributed by atoms with Crippen LogP contribution in [0.5, 0.6) is 0 Å². The predicted molar refractivity (Wildman–Crippen MR) is 65.0 cm³/mol. The maximum Gasteiger partial charge on any atom is 0.169 e. The predicted octanol–water partition coefficient (Wildman–Crippen LogP) is 3.51. The van der Waals surface area contributed by atoms with Crippen molar-refractivity contribution in [2.45, 2.75) is 44.6 Å². The summed E-state index contributed by atoms with van der Waals surface area (Å²) in [6, 6.07) is 4.04. The second-order valence-electron chi connectivity index (χ2n) is 4.40. The van der Waals surface area contributed by atoms with Crippen molar-refractivity contribution in [2.75, 3.05) is 6.54 Å². The molecule has 1 aliphatic rings. The van der Waals surface area contributed by atoms with Crippen LogP contribution in [0, 0.1) is 0 Å². The van der Waals surface area contributed by atoms with Crippen molar-refractivity contribution in [1.82, 2.24) is 5.32 Å². The number of hydrogen-bond donors (Lipinski definition) is 1. The van der Waals surface area contributed by atoms with Gasteiger partial charge in [-0.25, -0.2) is 0 Å². The Morgan fingerprint density at radius 3 is 2.87 bits per heavy atom. The Morgan fingerprint density at radius 2 is 2.33 bits per heavy atom. The first kappa shape index (κ1) is 11.2. The van der Waals surface area contributed by atoms with Gasteiger partial charge in [0.2, 0.25) is 0 Å². The molecule has 1 fully saturated rings. The highest BCUT2D eigenvalue weighted by molar-refractivity contribution is 9.10. The van der Waals surface area contributed by atoms with E-state index in [0.29, 0.717) is 0 Å². The largest absolute Gasteiger partial charge is 0.454 e. The summed E-state index contributed by atoms with van der Waals surface area (Å²) in [5.41, 5.74) is 0.273. The SMILES string of the molecule is CCC1(Cc2ccc(Br)o2)CCCCN1. The fourth-order valence-electron chi connectivity index (χ4n) is 2.39. The van der Waals surface area contributed by atoms with Crippen LogP contribution < -0.4 is 5.32 Å². The second kappa shape index (κ2) is 4.71. The van der Waals surface area contributed by atoms with Crippen molar-refractivity contribution in [3.05, 3.63) is 22.6 Å². The van der Waals surface area contributed by atoms with Crippen molar-refractivity contribution >= 4 is 15.9 Å². The highest BCUT2D eigenvalue weighted by Crippen LogP contribution is 2.28. The minimum atomic E-state index is 0.273. The molecule has 0 spiro atoms. The van der Waals surface area contributed by atoms with Gasteiger partial charge < -0.3 is 9.73 Å². The van der Waals surface area contributed by atoms with Crippen molar-refractivity contribution in [2.24, 2.45) is 0 Å². The van der Waals surface area contributed by atoms with Crippen molar-refractivity contribution < 1.29 is 4.42 Å². The van der Waals surface area contributed by atoms with Gasteiger partial charge in [-0.1, -0.05) is 13.3 Å². The van der Waals surface area contributed by atoms with Gasteiger partial charge in [0.1, 0.15) is 5.76 Å². The van der Waals surface area contributed by atoms with Crippen LogP contribution in [0.1, 0.15) is 38.4 Å². The van der Waals surface area contributed by atoms with Gasteiger partial charge in [-0.3, -0.25) is 0 Å². The third-order valence-corrected chi connectivity index (χ3v) is 3.83. The van der Waals surface area contributed by atoms with E-state index in [9.17, 15) is 0 Å². The Morgan fingerprint density at radius 1 is 1.47 bits per heavy atom. The van der Waals surface area contributed by atoms with Gasteiger partial charge in [0.05, 0.1) is 0 Å². The first-order valence-electron chi connectivity index (χ1n) is 5.73. The summed E-state index contributed by atoms with van der Waals surface area (Å²) in [5, 5.41) is 3.66. The van der Waals surface area contributed by atoms with Crippen LogP contribution in [0.2, 0.25) is 0 Å². The van der Waals surface area contributed by atoms with Crippen molar-refractivity contribution in [3.8, 4) is 0 Å². The molecule has 84 valence electrons. The second-order valence-corrected chi connectivity index (χ2v) is 5.18. The molecule has 0 radical (unpaired) electrons. The van der Waals surface area contributed by atoms with E-state index in [-0.39, 0.29) is 5.54 Å². The smallest absolute Gasteiger partial charge is 0.169 e. The van der Waals surface area contributed by atoms with Gasteiger partial charge in [0.25, 0.3) is 0 Å². The average molecular weight is 272 g/mol. The van der Waals surface area contributed by atoms with Crippen LogP contribution in [-0.4, -0.2) is 12.1 Å².